The first-order valence-corrected chi connectivity index (χ1v) is 7.34. The lowest BCUT2D eigenvalue weighted by molar-refractivity contribution is 0.183. The summed E-state index contributed by atoms with van der Waals surface area (Å²) in [5.41, 5.74) is 0.454. The highest BCUT2D eigenvalue weighted by atomic mass is 35.5. The molecule has 8 heteroatoms. The zero-order valence-corrected chi connectivity index (χ0v) is 11.2. The molecule has 98 valence electrons. The van der Waals surface area contributed by atoms with Gasteiger partial charge in [0.2, 0.25) is 10.0 Å². The summed E-state index contributed by atoms with van der Waals surface area (Å²) >= 11 is 5.45. The number of aromatic nitrogens is 2. The number of nitrogens with zero attached hydrogens (tertiary/aromatic N) is 2. The summed E-state index contributed by atoms with van der Waals surface area (Å²) in [5.74, 6) is 0.341. The van der Waals surface area contributed by atoms with Crippen molar-refractivity contribution in [2.24, 2.45) is 0 Å². The lowest BCUT2D eigenvalue weighted by Crippen LogP contribution is -2.16. The first-order valence-electron chi connectivity index (χ1n) is 5.15. The van der Waals surface area contributed by atoms with Crippen molar-refractivity contribution in [2.75, 3.05) is 30.1 Å². The van der Waals surface area contributed by atoms with Gasteiger partial charge in [0, 0.05) is 19.2 Å². The predicted molar refractivity (Wildman–Crippen MR) is 66.8 cm³/mol. The van der Waals surface area contributed by atoms with Crippen molar-refractivity contribution in [2.45, 2.75) is 13.0 Å². The first kappa shape index (κ1) is 14.3. The van der Waals surface area contributed by atoms with E-state index in [0.717, 1.165) is 0 Å². The molecule has 1 aromatic heterocycles. The Morgan fingerprint density at radius 2 is 2.35 bits per heavy atom. The Bertz CT molecular complexity index is 432. The summed E-state index contributed by atoms with van der Waals surface area (Å²) in [6.07, 6.45) is 3.51. The molecule has 0 radical (unpaired) electrons. The molecule has 0 aliphatic carbocycles. The van der Waals surface area contributed by atoms with Gasteiger partial charge in [-0.25, -0.2) is 8.42 Å². The molecule has 1 heterocycles. The number of sulfonamides is 1. The second kappa shape index (κ2) is 6.83. The van der Waals surface area contributed by atoms with Gasteiger partial charge >= 0.3 is 0 Å². The third kappa shape index (κ3) is 5.38. The van der Waals surface area contributed by atoms with Crippen LogP contribution in [0.1, 0.15) is 6.42 Å². The van der Waals surface area contributed by atoms with Crippen LogP contribution in [0.2, 0.25) is 0 Å². The minimum Gasteiger partial charge on any atom is -0.383 e. The largest absolute Gasteiger partial charge is 0.383 e. The minimum absolute atomic E-state index is 0.0136. The highest BCUT2D eigenvalue weighted by molar-refractivity contribution is 7.92. The number of rotatable bonds is 8. The normalized spacial score (nSPS) is 11.6. The highest BCUT2D eigenvalue weighted by Gasteiger charge is 2.10. The standard InChI is InChI=1S/C9H16ClN3O3S/c1-16-5-4-13-8-9(7-11-13)12-17(14,15)6-2-3-10/h7-8,12H,2-6H2,1H3. The van der Waals surface area contributed by atoms with Gasteiger partial charge < -0.3 is 4.74 Å². The fraction of sp³-hybridized carbons (Fsp3) is 0.667. The second-order valence-electron chi connectivity index (χ2n) is 3.45. The Morgan fingerprint density at radius 1 is 1.59 bits per heavy atom. The van der Waals surface area contributed by atoms with Crippen LogP contribution >= 0.6 is 11.6 Å². The van der Waals surface area contributed by atoms with Crippen LogP contribution < -0.4 is 4.72 Å². The van der Waals surface area contributed by atoms with Gasteiger partial charge in [-0.05, 0) is 6.42 Å². The lowest BCUT2D eigenvalue weighted by atomic mass is 10.6. The van der Waals surface area contributed by atoms with Gasteiger partial charge in [0.05, 0.1) is 30.8 Å². The molecule has 6 nitrogen and oxygen atoms in total. The van der Waals surface area contributed by atoms with Crippen molar-refractivity contribution in [1.82, 2.24) is 9.78 Å². The van der Waals surface area contributed by atoms with Gasteiger partial charge in [0.25, 0.3) is 0 Å². The van der Waals surface area contributed by atoms with Crippen molar-refractivity contribution in [3.8, 4) is 0 Å². The van der Waals surface area contributed by atoms with Crippen molar-refractivity contribution in [3.63, 3.8) is 0 Å². The van der Waals surface area contributed by atoms with E-state index in [2.05, 4.69) is 9.82 Å². The van der Waals surface area contributed by atoms with Crippen molar-refractivity contribution in [3.05, 3.63) is 12.4 Å². The molecule has 0 aliphatic rings. The van der Waals surface area contributed by atoms with E-state index in [9.17, 15) is 8.42 Å². The lowest BCUT2D eigenvalue weighted by Gasteiger charge is -2.04. The summed E-state index contributed by atoms with van der Waals surface area (Å²) < 4.78 is 32.0. The Balaban J connectivity index is 2.53. The highest BCUT2D eigenvalue weighted by Crippen LogP contribution is 2.08. The maximum Gasteiger partial charge on any atom is 0.232 e. The molecule has 0 aromatic carbocycles. The quantitative estimate of drug-likeness (QED) is 0.719. The zero-order valence-electron chi connectivity index (χ0n) is 9.60. The molecule has 1 aromatic rings. The van der Waals surface area contributed by atoms with Crippen LogP contribution in [0.3, 0.4) is 0 Å². The Kier molecular flexibility index (Phi) is 5.73. The van der Waals surface area contributed by atoms with Crippen LogP contribution in [0, 0.1) is 0 Å². The molecule has 0 spiro atoms. The average molecular weight is 282 g/mol. The van der Waals surface area contributed by atoms with Crippen LogP contribution in [0.25, 0.3) is 0 Å². The minimum atomic E-state index is -3.32. The smallest absolute Gasteiger partial charge is 0.232 e. The number of methoxy groups -OCH3 is 1. The van der Waals surface area contributed by atoms with Gasteiger partial charge in [-0.3, -0.25) is 9.40 Å². The number of hydrogen-bond acceptors (Lipinski definition) is 4. The van der Waals surface area contributed by atoms with E-state index in [4.69, 9.17) is 16.3 Å². The molecule has 0 saturated carbocycles. The monoisotopic (exact) mass is 281 g/mol. The Hall–Kier alpha value is -0.790. The maximum absolute atomic E-state index is 11.6. The summed E-state index contributed by atoms with van der Waals surface area (Å²) in [4.78, 5) is 0. The predicted octanol–water partition coefficient (Wildman–Crippen LogP) is 0.900. The van der Waals surface area contributed by atoms with E-state index in [1.165, 1.54) is 6.20 Å². The summed E-state index contributed by atoms with van der Waals surface area (Å²) in [5, 5.41) is 4.00. The number of nitrogens with one attached hydrogen (secondary N) is 1. The zero-order chi connectivity index (χ0) is 12.7. The maximum atomic E-state index is 11.6. The van der Waals surface area contributed by atoms with Crippen molar-refractivity contribution < 1.29 is 13.2 Å². The Labute approximate surface area is 106 Å². The topological polar surface area (TPSA) is 73.2 Å². The third-order valence-electron chi connectivity index (χ3n) is 1.98. The molecule has 0 aliphatic heterocycles. The van der Waals surface area contributed by atoms with Crippen molar-refractivity contribution in [1.29, 1.82) is 0 Å². The molecule has 17 heavy (non-hydrogen) atoms. The van der Waals surface area contributed by atoms with Gasteiger partial charge in [-0.1, -0.05) is 0 Å². The van der Waals surface area contributed by atoms with Gasteiger partial charge in [0.1, 0.15) is 0 Å². The number of ether oxygens (including phenoxy) is 1. The van der Waals surface area contributed by atoms with Crippen LogP contribution in [-0.2, 0) is 21.3 Å². The number of anilines is 1. The summed E-state index contributed by atoms with van der Waals surface area (Å²) in [7, 11) is -1.73. The molecule has 1 N–H and O–H groups in total. The molecule has 0 amide bonds. The molecular formula is C9H16ClN3O3S. The number of halogens is 1. The first-order chi connectivity index (χ1) is 8.07. The molecule has 1 rings (SSSR count). The summed E-state index contributed by atoms with van der Waals surface area (Å²) in [6.45, 7) is 1.11. The van der Waals surface area contributed by atoms with E-state index in [-0.39, 0.29) is 5.75 Å². The molecule has 0 fully saturated rings. The second-order valence-corrected chi connectivity index (χ2v) is 5.67. The SMILES string of the molecule is COCCn1cc(NS(=O)(=O)CCCCl)cn1. The van der Waals surface area contributed by atoms with E-state index in [1.807, 2.05) is 0 Å². The van der Waals surface area contributed by atoms with E-state index in [1.54, 1.807) is 18.0 Å². The van der Waals surface area contributed by atoms with Gasteiger partial charge in [-0.15, -0.1) is 11.6 Å². The number of alkyl halides is 1. The van der Waals surface area contributed by atoms with Gasteiger partial charge in [0.15, 0.2) is 0 Å². The molecule has 0 bridgehead atoms. The summed E-state index contributed by atoms with van der Waals surface area (Å²) in [6, 6.07) is 0. The molecule has 0 saturated heterocycles. The fourth-order valence-corrected chi connectivity index (χ4v) is 2.58. The molecule has 0 atom stereocenters. The number of hydrogen-bond donors (Lipinski definition) is 1. The van der Waals surface area contributed by atoms with E-state index in [0.29, 0.717) is 31.1 Å². The molecule has 0 unspecified atom stereocenters. The van der Waals surface area contributed by atoms with Crippen molar-refractivity contribution >= 4 is 27.3 Å². The molecular weight excluding hydrogens is 266 g/mol. The third-order valence-corrected chi connectivity index (χ3v) is 3.62. The average Bonchev–Trinajstić information content (AvgIpc) is 2.70. The van der Waals surface area contributed by atoms with E-state index >= 15 is 0 Å². The van der Waals surface area contributed by atoms with Crippen LogP contribution in [0.4, 0.5) is 5.69 Å². The fourth-order valence-electron chi connectivity index (χ4n) is 1.20. The Morgan fingerprint density at radius 3 is 3.00 bits per heavy atom. The van der Waals surface area contributed by atoms with Crippen LogP contribution in [0.5, 0.6) is 0 Å². The van der Waals surface area contributed by atoms with Crippen LogP contribution in [0.15, 0.2) is 12.4 Å². The van der Waals surface area contributed by atoms with Crippen LogP contribution in [-0.4, -0.2) is 43.5 Å². The van der Waals surface area contributed by atoms with Gasteiger partial charge in [-0.2, -0.15) is 5.10 Å². The van der Waals surface area contributed by atoms with E-state index < -0.39 is 10.0 Å².